The summed E-state index contributed by atoms with van der Waals surface area (Å²) in [4.78, 5) is 15.6. The number of carbonyl (C=O) groups is 1. The molecule has 1 rings (SSSR count). The monoisotopic (exact) mass is 210 g/mol. The summed E-state index contributed by atoms with van der Waals surface area (Å²) >= 11 is 0. The minimum Gasteiger partial charge on any atom is -0.344 e. The summed E-state index contributed by atoms with van der Waals surface area (Å²) in [5, 5.41) is 2.59. The number of hydrogen-bond acceptors (Lipinski definition) is 2. The highest BCUT2D eigenvalue weighted by Gasteiger charge is 2.20. The van der Waals surface area contributed by atoms with Gasteiger partial charge < -0.3 is 5.32 Å². The van der Waals surface area contributed by atoms with E-state index in [1.165, 1.54) is 6.20 Å². The van der Waals surface area contributed by atoms with Crippen molar-refractivity contribution in [3.05, 3.63) is 29.6 Å². The van der Waals surface area contributed by atoms with E-state index in [-0.39, 0.29) is 5.91 Å². The van der Waals surface area contributed by atoms with Crippen LogP contribution in [0, 0.1) is 6.92 Å². The Morgan fingerprint density at radius 2 is 2.20 bits per heavy atom. The zero-order valence-corrected chi connectivity index (χ0v) is 9.17. The highest BCUT2D eigenvalue weighted by molar-refractivity contribution is 5.94. The molecule has 0 aliphatic heterocycles. The molecular formula is C11H15FN2O. The Kier molecular flexibility index (Phi) is 3.39. The maximum atomic E-state index is 12.5. The molecule has 0 unspecified atom stereocenters. The average molecular weight is 210 g/mol. The molecule has 0 bridgehead atoms. The van der Waals surface area contributed by atoms with Gasteiger partial charge in [-0.2, -0.15) is 0 Å². The van der Waals surface area contributed by atoms with E-state index >= 15 is 0 Å². The summed E-state index contributed by atoms with van der Waals surface area (Å²) in [6, 6.07) is 3.42. The van der Waals surface area contributed by atoms with E-state index in [2.05, 4.69) is 10.3 Å². The molecule has 1 aromatic heterocycles. The molecule has 0 saturated heterocycles. The van der Waals surface area contributed by atoms with Gasteiger partial charge in [0.2, 0.25) is 0 Å². The number of aryl methyl sites for hydroxylation is 1. The first-order chi connectivity index (χ1) is 6.94. The van der Waals surface area contributed by atoms with Crippen molar-refractivity contribution in [2.24, 2.45) is 0 Å². The molecule has 0 saturated carbocycles. The third-order valence-corrected chi connectivity index (χ3v) is 1.96. The van der Waals surface area contributed by atoms with E-state index < -0.39 is 12.2 Å². The maximum absolute atomic E-state index is 12.5. The summed E-state index contributed by atoms with van der Waals surface area (Å²) in [5.74, 6) is -0.301. The number of aromatic nitrogens is 1. The smallest absolute Gasteiger partial charge is 0.253 e. The molecule has 4 heteroatoms. The third kappa shape index (κ3) is 3.31. The summed E-state index contributed by atoms with van der Waals surface area (Å²) in [6.07, 6.45) is 1.49. The van der Waals surface area contributed by atoms with Crippen LogP contribution in [0.1, 0.15) is 29.9 Å². The van der Waals surface area contributed by atoms with Gasteiger partial charge in [0.05, 0.1) is 11.1 Å². The SMILES string of the molecule is Cc1ccc(C(=O)NC(C)(C)CF)cn1. The van der Waals surface area contributed by atoms with Gasteiger partial charge in [-0.1, -0.05) is 0 Å². The van der Waals surface area contributed by atoms with Gasteiger partial charge in [0.15, 0.2) is 0 Å². The second-order valence-electron chi connectivity index (χ2n) is 4.16. The van der Waals surface area contributed by atoms with Crippen molar-refractivity contribution < 1.29 is 9.18 Å². The first kappa shape index (κ1) is 11.6. The minimum absolute atomic E-state index is 0.301. The molecule has 1 N–H and O–H groups in total. The van der Waals surface area contributed by atoms with E-state index in [4.69, 9.17) is 0 Å². The number of halogens is 1. The molecular weight excluding hydrogens is 195 g/mol. The van der Waals surface area contributed by atoms with Crippen LogP contribution in [0.15, 0.2) is 18.3 Å². The van der Waals surface area contributed by atoms with E-state index in [0.717, 1.165) is 5.69 Å². The highest BCUT2D eigenvalue weighted by atomic mass is 19.1. The Balaban J connectivity index is 2.74. The van der Waals surface area contributed by atoms with Crippen LogP contribution in [0.2, 0.25) is 0 Å². The highest BCUT2D eigenvalue weighted by Crippen LogP contribution is 2.06. The standard InChI is InChI=1S/C11H15FN2O/c1-8-4-5-9(6-13-8)10(15)14-11(2,3)7-12/h4-6H,7H2,1-3H3,(H,14,15). The van der Waals surface area contributed by atoms with Crippen LogP contribution in [0.5, 0.6) is 0 Å². The van der Waals surface area contributed by atoms with Gasteiger partial charge in [0, 0.05) is 11.9 Å². The fourth-order valence-electron chi connectivity index (χ4n) is 1.02. The topological polar surface area (TPSA) is 42.0 Å². The van der Waals surface area contributed by atoms with Crippen LogP contribution in [0.25, 0.3) is 0 Å². The van der Waals surface area contributed by atoms with Gasteiger partial charge in [-0.15, -0.1) is 0 Å². The van der Waals surface area contributed by atoms with Crippen LogP contribution in [0.4, 0.5) is 4.39 Å². The van der Waals surface area contributed by atoms with Crippen molar-refractivity contribution in [1.29, 1.82) is 0 Å². The fourth-order valence-corrected chi connectivity index (χ4v) is 1.02. The van der Waals surface area contributed by atoms with Crippen LogP contribution in [-0.2, 0) is 0 Å². The van der Waals surface area contributed by atoms with Gasteiger partial charge in [0.1, 0.15) is 6.67 Å². The Morgan fingerprint density at radius 1 is 1.53 bits per heavy atom. The zero-order valence-electron chi connectivity index (χ0n) is 9.17. The molecule has 15 heavy (non-hydrogen) atoms. The van der Waals surface area contributed by atoms with Crippen LogP contribution in [0.3, 0.4) is 0 Å². The summed E-state index contributed by atoms with van der Waals surface area (Å²) in [5.41, 5.74) is 0.459. The second kappa shape index (κ2) is 4.38. The summed E-state index contributed by atoms with van der Waals surface area (Å²) in [7, 11) is 0. The van der Waals surface area contributed by atoms with E-state index in [9.17, 15) is 9.18 Å². The molecule has 0 spiro atoms. The van der Waals surface area contributed by atoms with Gasteiger partial charge in [0.25, 0.3) is 5.91 Å². The Bertz CT molecular complexity index is 346. The van der Waals surface area contributed by atoms with E-state index in [0.29, 0.717) is 5.56 Å². The largest absolute Gasteiger partial charge is 0.344 e. The molecule has 0 aromatic carbocycles. The van der Waals surface area contributed by atoms with Crippen molar-refractivity contribution in [2.75, 3.05) is 6.67 Å². The van der Waals surface area contributed by atoms with Crippen LogP contribution < -0.4 is 5.32 Å². The van der Waals surface area contributed by atoms with Crippen molar-refractivity contribution in [1.82, 2.24) is 10.3 Å². The van der Waals surface area contributed by atoms with Crippen LogP contribution >= 0.6 is 0 Å². The number of amides is 1. The Labute approximate surface area is 88.7 Å². The normalized spacial score (nSPS) is 11.2. The number of hydrogen-bond donors (Lipinski definition) is 1. The molecule has 0 atom stereocenters. The lowest BCUT2D eigenvalue weighted by atomic mass is 10.1. The van der Waals surface area contributed by atoms with Crippen molar-refractivity contribution >= 4 is 5.91 Å². The third-order valence-electron chi connectivity index (χ3n) is 1.96. The molecule has 82 valence electrons. The van der Waals surface area contributed by atoms with Crippen molar-refractivity contribution in [2.45, 2.75) is 26.3 Å². The number of rotatable bonds is 3. The van der Waals surface area contributed by atoms with Gasteiger partial charge in [-0.25, -0.2) is 4.39 Å². The summed E-state index contributed by atoms with van der Waals surface area (Å²) < 4.78 is 12.5. The Hall–Kier alpha value is -1.45. The Morgan fingerprint density at radius 3 is 2.67 bits per heavy atom. The molecule has 0 aliphatic rings. The molecule has 1 aromatic rings. The number of nitrogens with one attached hydrogen (secondary N) is 1. The first-order valence-corrected chi connectivity index (χ1v) is 4.76. The average Bonchev–Trinajstić information content (AvgIpc) is 2.18. The number of carbonyl (C=O) groups excluding carboxylic acids is 1. The van der Waals surface area contributed by atoms with Crippen molar-refractivity contribution in [3.63, 3.8) is 0 Å². The lowest BCUT2D eigenvalue weighted by Gasteiger charge is -2.22. The second-order valence-corrected chi connectivity index (χ2v) is 4.16. The molecule has 0 aliphatic carbocycles. The molecule has 0 radical (unpaired) electrons. The first-order valence-electron chi connectivity index (χ1n) is 4.76. The van der Waals surface area contributed by atoms with Gasteiger partial charge in [-0.05, 0) is 32.9 Å². The summed E-state index contributed by atoms with van der Waals surface area (Å²) in [6.45, 7) is 4.50. The fraction of sp³-hybridized carbons (Fsp3) is 0.455. The number of nitrogens with zero attached hydrogens (tertiary/aromatic N) is 1. The molecule has 0 fully saturated rings. The van der Waals surface area contributed by atoms with Gasteiger partial charge in [-0.3, -0.25) is 9.78 Å². The maximum Gasteiger partial charge on any atom is 0.253 e. The minimum atomic E-state index is -0.831. The van der Waals surface area contributed by atoms with E-state index in [1.54, 1.807) is 26.0 Å². The van der Waals surface area contributed by atoms with E-state index in [1.807, 2.05) is 6.92 Å². The predicted octanol–water partition coefficient (Wildman–Crippen LogP) is 1.87. The zero-order chi connectivity index (χ0) is 11.5. The quantitative estimate of drug-likeness (QED) is 0.827. The lowest BCUT2D eigenvalue weighted by Crippen LogP contribution is -2.45. The number of pyridine rings is 1. The van der Waals surface area contributed by atoms with Crippen molar-refractivity contribution in [3.8, 4) is 0 Å². The lowest BCUT2D eigenvalue weighted by molar-refractivity contribution is 0.0899. The number of alkyl halides is 1. The molecule has 1 amide bonds. The molecule has 3 nitrogen and oxygen atoms in total. The molecule has 1 heterocycles. The van der Waals surface area contributed by atoms with Gasteiger partial charge >= 0.3 is 0 Å². The van der Waals surface area contributed by atoms with Crippen LogP contribution in [-0.4, -0.2) is 23.1 Å². The predicted molar refractivity (Wildman–Crippen MR) is 56.5 cm³/mol.